The summed E-state index contributed by atoms with van der Waals surface area (Å²) in [6, 6.07) is 5.15. The molecule has 0 radical (unpaired) electrons. The third-order valence-corrected chi connectivity index (χ3v) is 4.61. The van der Waals surface area contributed by atoms with E-state index in [4.69, 9.17) is 0 Å². The number of piperidine rings is 1. The van der Waals surface area contributed by atoms with Gasteiger partial charge in [-0.25, -0.2) is 0 Å². The molecule has 0 amide bonds. The number of hydrogen-bond acceptors (Lipinski definition) is 3. The van der Waals surface area contributed by atoms with Crippen molar-refractivity contribution in [1.29, 1.82) is 0 Å². The summed E-state index contributed by atoms with van der Waals surface area (Å²) in [6.45, 7) is 5.94. The molecule has 2 nitrogen and oxygen atoms in total. The normalized spacial score (nSPS) is 26.2. The third-order valence-electron chi connectivity index (χ3n) is 3.67. The Kier molecular flexibility index (Phi) is 5.01. The lowest BCUT2D eigenvalue weighted by Gasteiger charge is -2.41. The molecule has 1 aliphatic heterocycles. The first-order chi connectivity index (χ1) is 8.36. The average Bonchev–Trinajstić information content (AvgIpc) is 2.84. The van der Waals surface area contributed by atoms with Gasteiger partial charge in [0.1, 0.15) is 0 Å². The van der Waals surface area contributed by atoms with E-state index in [-0.39, 0.29) is 0 Å². The molecule has 1 saturated heterocycles. The van der Waals surface area contributed by atoms with Gasteiger partial charge in [0.05, 0.1) is 0 Å². The minimum Gasteiger partial charge on any atom is -0.319 e. The van der Waals surface area contributed by atoms with Crippen molar-refractivity contribution in [3.8, 4) is 0 Å². The fourth-order valence-corrected chi connectivity index (χ4v) is 3.99. The molecule has 3 heteroatoms. The summed E-state index contributed by atoms with van der Waals surface area (Å²) in [5, 5.41) is 5.58. The highest BCUT2D eigenvalue weighted by molar-refractivity contribution is 7.10. The van der Waals surface area contributed by atoms with Crippen molar-refractivity contribution in [2.75, 3.05) is 26.7 Å². The van der Waals surface area contributed by atoms with Gasteiger partial charge >= 0.3 is 0 Å². The van der Waals surface area contributed by atoms with Crippen LogP contribution < -0.4 is 5.32 Å². The van der Waals surface area contributed by atoms with E-state index >= 15 is 0 Å². The molecule has 0 saturated carbocycles. The molecule has 1 fully saturated rings. The molecule has 0 aliphatic carbocycles. The molecule has 1 N–H and O–H groups in total. The predicted molar refractivity (Wildman–Crippen MR) is 75.6 cm³/mol. The lowest BCUT2D eigenvalue weighted by atomic mass is 9.88. The van der Waals surface area contributed by atoms with Crippen molar-refractivity contribution in [3.63, 3.8) is 0 Å². The third kappa shape index (κ3) is 3.09. The summed E-state index contributed by atoms with van der Waals surface area (Å²) >= 11 is 1.92. The van der Waals surface area contributed by atoms with Crippen LogP contribution in [-0.4, -0.2) is 31.6 Å². The van der Waals surface area contributed by atoms with Crippen molar-refractivity contribution < 1.29 is 0 Å². The van der Waals surface area contributed by atoms with Crippen LogP contribution in [0.2, 0.25) is 0 Å². The highest BCUT2D eigenvalue weighted by Gasteiger charge is 2.32. The van der Waals surface area contributed by atoms with Crippen LogP contribution in [0.3, 0.4) is 0 Å². The van der Waals surface area contributed by atoms with Gasteiger partial charge in [-0.3, -0.25) is 4.90 Å². The Morgan fingerprint density at radius 1 is 1.53 bits per heavy atom. The highest BCUT2D eigenvalue weighted by atomic mass is 32.1. The van der Waals surface area contributed by atoms with Crippen molar-refractivity contribution in [2.45, 2.75) is 32.2 Å². The zero-order valence-corrected chi connectivity index (χ0v) is 11.8. The van der Waals surface area contributed by atoms with Crippen molar-refractivity contribution in [1.82, 2.24) is 10.2 Å². The molecule has 0 aromatic carbocycles. The molecule has 17 heavy (non-hydrogen) atoms. The summed E-state index contributed by atoms with van der Waals surface area (Å²) in [5.41, 5.74) is 0. The number of likely N-dealkylation sites (tertiary alicyclic amines) is 1. The molecular weight excluding hydrogens is 228 g/mol. The lowest BCUT2D eigenvalue weighted by Crippen LogP contribution is -2.42. The Hall–Kier alpha value is -0.380. The first-order valence-electron chi connectivity index (χ1n) is 6.78. The molecule has 96 valence electrons. The van der Waals surface area contributed by atoms with E-state index in [2.05, 4.69) is 41.7 Å². The second-order valence-electron chi connectivity index (χ2n) is 4.96. The molecular formula is C14H24N2S. The molecule has 1 aliphatic rings. The van der Waals surface area contributed by atoms with E-state index in [1.807, 2.05) is 11.3 Å². The maximum atomic E-state index is 3.37. The highest BCUT2D eigenvalue weighted by Crippen LogP contribution is 2.37. The maximum absolute atomic E-state index is 3.37. The number of thiophene rings is 1. The molecule has 0 spiro atoms. The van der Waals surface area contributed by atoms with E-state index in [9.17, 15) is 0 Å². The first-order valence-corrected chi connectivity index (χ1v) is 7.66. The summed E-state index contributed by atoms with van der Waals surface area (Å²) in [7, 11) is 2.07. The average molecular weight is 252 g/mol. The Morgan fingerprint density at radius 2 is 2.41 bits per heavy atom. The Morgan fingerprint density at radius 3 is 3.06 bits per heavy atom. The maximum Gasteiger partial charge on any atom is 0.0481 e. The topological polar surface area (TPSA) is 15.3 Å². The summed E-state index contributed by atoms with van der Waals surface area (Å²) < 4.78 is 0. The number of nitrogens with one attached hydrogen (secondary N) is 1. The fourth-order valence-electron chi connectivity index (χ4n) is 3.04. The van der Waals surface area contributed by atoms with E-state index in [0.717, 1.165) is 12.5 Å². The zero-order chi connectivity index (χ0) is 12.1. The minimum atomic E-state index is 0.649. The van der Waals surface area contributed by atoms with E-state index in [0.29, 0.717) is 6.04 Å². The van der Waals surface area contributed by atoms with E-state index in [1.54, 1.807) is 4.88 Å². The minimum absolute atomic E-state index is 0.649. The van der Waals surface area contributed by atoms with Crippen LogP contribution >= 0.6 is 11.3 Å². The van der Waals surface area contributed by atoms with Crippen molar-refractivity contribution in [3.05, 3.63) is 22.4 Å². The first kappa shape index (κ1) is 13.1. The largest absolute Gasteiger partial charge is 0.319 e. The van der Waals surface area contributed by atoms with Gasteiger partial charge in [0.15, 0.2) is 0 Å². The van der Waals surface area contributed by atoms with Gasteiger partial charge in [-0.05, 0) is 63.3 Å². The SMILES string of the molecule is CCCN1CCCC(CNC)C1c1cccs1. The van der Waals surface area contributed by atoms with Gasteiger partial charge in [0, 0.05) is 10.9 Å². The molecule has 0 bridgehead atoms. The number of rotatable bonds is 5. The van der Waals surface area contributed by atoms with Gasteiger partial charge in [-0.2, -0.15) is 0 Å². The summed E-state index contributed by atoms with van der Waals surface area (Å²) in [6.07, 6.45) is 3.98. The van der Waals surface area contributed by atoms with Gasteiger partial charge in [-0.15, -0.1) is 11.3 Å². The summed E-state index contributed by atoms with van der Waals surface area (Å²) in [5.74, 6) is 0.777. The second-order valence-corrected chi connectivity index (χ2v) is 5.94. The molecule has 1 aromatic heterocycles. The van der Waals surface area contributed by atoms with Crippen LogP contribution in [-0.2, 0) is 0 Å². The van der Waals surface area contributed by atoms with Gasteiger partial charge in [-0.1, -0.05) is 13.0 Å². The number of nitrogens with zero attached hydrogens (tertiary/aromatic N) is 1. The second kappa shape index (κ2) is 6.53. The summed E-state index contributed by atoms with van der Waals surface area (Å²) in [4.78, 5) is 4.25. The van der Waals surface area contributed by atoms with Crippen molar-refractivity contribution >= 4 is 11.3 Å². The molecule has 1 aromatic rings. The fraction of sp³-hybridized carbons (Fsp3) is 0.714. The number of hydrogen-bond donors (Lipinski definition) is 1. The quantitative estimate of drug-likeness (QED) is 0.866. The monoisotopic (exact) mass is 252 g/mol. The molecule has 2 unspecified atom stereocenters. The van der Waals surface area contributed by atoms with Crippen LogP contribution in [0.25, 0.3) is 0 Å². The molecule has 2 rings (SSSR count). The van der Waals surface area contributed by atoms with Gasteiger partial charge in [0.2, 0.25) is 0 Å². The Bertz CT molecular complexity index is 292. The zero-order valence-electron chi connectivity index (χ0n) is 11.0. The predicted octanol–water partition coefficient (Wildman–Crippen LogP) is 3.13. The molecule has 2 heterocycles. The standard InChI is InChI=1S/C14H24N2S/c1-3-8-16-9-4-6-12(11-15-2)14(16)13-7-5-10-17-13/h5,7,10,12,14-15H,3-4,6,8-9,11H2,1-2H3. The Labute approximate surface area is 109 Å². The Balaban J connectivity index is 2.15. The van der Waals surface area contributed by atoms with E-state index in [1.165, 1.54) is 32.4 Å². The van der Waals surface area contributed by atoms with Crippen LogP contribution in [0.5, 0.6) is 0 Å². The van der Waals surface area contributed by atoms with E-state index < -0.39 is 0 Å². The van der Waals surface area contributed by atoms with Crippen LogP contribution in [0.15, 0.2) is 17.5 Å². The van der Waals surface area contributed by atoms with Crippen LogP contribution in [0.1, 0.15) is 37.1 Å². The van der Waals surface area contributed by atoms with Crippen molar-refractivity contribution in [2.24, 2.45) is 5.92 Å². The van der Waals surface area contributed by atoms with Crippen LogP contribution in [0, 0.1) is 5.92 Å². The van der Waals surface area contributed by atoms with Gasteiger partial charge < -0.3 is 5.32 Å². The van der Waals surface area contributed by atoms with Gasteiger partial charge in [0.25, 0.3) is 0 Å². The lowest BCUT2D eigenvalue weighted by molar-refractivity contribution is 0.0949. The smallest absolute Gasteiger partial charge is 0.0481 e. The molecule has 2 atom stereocenters. The van der Waals surface area contributed by atoms with Crippen LogP contribution in [0.4, 0.5) is 0 Å².